The van der Waals surface area contributed by atoms with E-state index in [1.54, 1.807) is 0 Å². The van der Waals surface area contributed by atoms with Crippen molar-refractivity contribution in [3.8, 4) is 0 Å². The lowest BCUT2D eigenvalue weighted by Gasteiger charge is -2.42. The maximum atomic E-state index is 6.43. The lowest BCUT2D eigenvalue weighted by Crippen LogP contribution is -2.56. The molecule has 0 aliphatic rings. The first-order chi connectivity index (χ1) is 8.82. The molecule has 0 aromatic heterocycles. The van der Waals surface area contributed by atoms with Gasteiger partial charge in [0.25, 0.3) is 0 Å². The minimum Gasteiger partial charge on any atom is -0.326 e. The van der Waals surface area contributed by atoms with Gasteiger partial charge in [0.05, 0.1) is 0 Å². The number of likely N-dealkylation sites (N-methyl/N-ethyl adjacent to an activating group) is 1. The molecule has 0 bridgehead atoms. The Morgan fingerprint density at radius 3 is 2.37 bits per heavy atom. The SMILES string of the molecule is CCN(CC)C(C)(C)C(N)Cc1ccc(Br)cc1Cl. The topological polar surface area (TPSA) is 29.3 Å². The van der Waals surface area contributed by atoms with E-state index in [-0.39, 0.29) is 11.6 Å². The summed E-state index contributed by atoms with van der Waals surface area (Å²) in [5.41, 5.74) is 7.50. The largest absolute Gasteiger partial charge is 0.326 e. The molecule has 0 spiro atoms. The van der Waals surface area contributed by atoms with Gasteiger partial charge in [0.2, 0.25) is 0 Å². The van der Waals surface area contributed by atoms with Crippen LogP contribution in [0.25, 0.3) is 0 Å². The summed E-state index contributed by atoms with van der Waals surface area (Å²) in [6.45, 7) is 10.8. The molecule has 0 radical (unpaired) electrons. The van der Waals surface area contributed by atoms with Gasteiger partial charge in [0.15, 0.2) is 0 Å². The van der Waals surface area contributed by atoms with Crippen molar-refractivity contribution in [3.05, 3.63) is 33.3 Å². The summed E-state index contributed by atoms with van der Waals surface area (Å²) >= 11 is 9.70. The number of nitrogens with two attached hydrogens (primary N) is 1. The van der Waals surface area contributed by atoms with E-state index in [4.69, 9.17) is 17.3 Å². The smallest absolute Gasteiger partial charge is 0.0449 e. The first kappa shape index (κ1) is 17.0. The Balaban J connectivity index is 2.86. The molecular formula is C15H24BrClN2. The molecule has 0 saturated heterocycles. The van der Waals surface area contributed by atoms with E-state index in [0.717, 1.165) is 34.6 Å². The van der Waals surface area contributed by atoms with Gasteiger partial charge in [-0.2, -0.15) is 0 Å². The van der Waals surface area contributed by atoms with Gasteiger partial charge >= 0.3 is 0 Å². The lowest BCUT2D eigenvalue weighted by molar-refractivity contribution is 0.106. The van der Waals surface area contributed by atoms with Gasteiger partial charge in [-0.1, -0.05) is 47.4 Å². The Morgan fingerprint density at radius 1 is 1.32 bits per heavy atom. The molecule has 1 atom stereocenters. The molecule has 2 nitrogen and oxygen atoms in total. The molecule has 1 unspecified atom stereocenters. The Morgan fingerprint density at radius 2 is 1.89 bits per heavy atom. The third kappa shape index (κ3) is 4.19. The molecule has 0 fully saturated rings. The van der Waals surface area contributed by atoms with Crippen molar-refractivity contribution < 1.29 is 0 Å². The fourth-order valence-electron chi connectivity index (χ4n) is 2.45. The van der Waals surface area contributed by atoms with Crippen molar-refractivity contribution in [1.82, 2.24) is 4.90 Å². The van der Waals surface area contributed by atoms with E-state index >= 15 is 0 Å². The second-order valence-corrected chi connectivity index (χ2v) is 6.70. The minimum absolute atomic E-state index is 0.0418. The van der Waals surface area contributed by atoms with Gasteiger partial charge in [-0.3, -0.25) is 4.90 Å². The van der Waals surface area contributed by atoms with Crippen molar-refractivity contribution >= 4 is 27.5 Å². The molecular weight excluding hydrogens is 324 g/mol. The van der Waals surface area contributed by atoms with Crippen LogP contribution in [0.3, 0.4) is 0 Å². The highest BCUT2D eigenvalue weighted by Gasteiger charge is 2.31. The number of hydrogen-bond acceptors (Lipinski definition) is 2. The standard InChI is InChI=1S/C15H24BrClN2/c1-5-19(6-2)15(3,4)14(18)9-11-7-8-12(16)10-13(11)17/h7-8,10,14H,5-6,9,18H2,1-4H3. The molecule has 2 N–H and O–H groups in total. The molecule has 0 amide bonds. The van der Waals surface area contributed by atoms with Gasteiger partial charge in [0, 0.05) is 21.1 Å². The summed E-state index contributed by atoms with van der Waals surface area (Å²) in [5, 5.41) is 0.778. The van der Waals surface area contributed by atoms with Gasteiger partial charge < -0.3 is 5.73 Å². The summed E-state index contributed by atoms with van der Waals surface area (Å²) in [6.07, 6.45) is 0.787. The summed E-state index contributed by atoms with van der Waals surface area (Å²) in [5.74, 6) is 0. The zero-order valence-electron chi connectivity index (χ0n) is 12.2. The molecule has 0 saturated carbocycles. The summed E-state index contributed by atoms with van der Waals surface area (Å²) in [7, 11) is 0. The second-order valence-electron chi connectivity index (χ2n) is 5.37. The molecule has 0 aliphatic carbocycles. The Bertz CT molecular complexity index is 417. The van der Waals surface area contributed by atoms with Crippen LogP contribution >= 0.6 is 27.5 Å². The molecule has 1 aromatic rings. The first-order valence-electron chi connectivity index (χ1n) is 6.77. The van der Waals surface area contributed by atoms with Crippen LogP contribution in [-0.4, -0.2) is 29.6 Å². The van der Waals surface area contributed by atoms with Crippen LogP contribution in [0, 0.1) is 0 Å². The maximum Gasteiger partial charge on any atom is 0.0449 e. The van der Waals surface area contributed by atoms with Crippen LogP contribution in [0.4, 0.5) is 0 Å². The molecule has 0 aliphatic heterocycles. The highest BCUT2D eigenvalue weighted by atomic mass is 79.9. The van der Waals surface area contributed by atoms with Crippen LogP contribution in [-0.2, 0) is 6.42 Å². The molecule has 108 valence electrons. The Hall–Kier alpha value is -0.0900. The van der Waals surface area contributed by atoms with Crippen LogP contribution in [0.15, 0.2) is 22.7 Å². The zero-order valence-corrected chi connectivity index (χ0v) is 14.6. The fourth-order valence-corrected chi connectivity index (χ4v) is 3.20. The van der Waals surface area contributed by atoms with Crippen molar-refractivity contribution in [3.63, 3.8) is 0 Å². The van der Waals surface area contributed by atoms with Crippen LogP contribution in [0.2, 0.25) is 5.02 Å². The number of hydrogen-bond donors (Lipinski definition) is 1. The van der Waals surface area contributed by atoms with Crippen molar-refractivity contribution in [2.75, 3.05) is 13.1 Å². The van der Waals surface area contributed by atoms with Gasteiger partial charge in [-0.15, -0.1) is 0 Å². The highest BCUT2D eigenvalue weighted by molar-refractivity contribution is 9.10. The van der Waals surface area contributed by atoms with Gasteiger partial charge in [-0.25, -0.2) is 0 Å². The number of nitrogens with zero attached hydrogens (tertiary/aromatic N) is 1. The molecule has 4 heteroatoms. The molecule has 19 heavy (non-hydrogen) atoms. The van der Waals surface area contributed by atoms with Crippen LogP contribution in [0.1, 0.15) is 33.3 Å². The third-order valence-electron chi connectivity index (χ3n) is 3.94. The van der Waals surface area contributed by atoms with E-state index in [1.165, 1.54) is 0 Å². The zero-order chi connectivity index (χ0) is 14.6. The van der Waals surface area contributed by atoms with Crippen LogP contribution < -0.4 is 5.73 Å². The van der Waals surface area contributed by atoms with E-state index < -0.39 is 0 Å². The van der Waals surface area contributed by atoms with E-state index in [0.29, 0.717) is 0 Å². The van der Waals surface area contributed by atoms with E-state index in [1.807, 2.05) is 18.2 Å². The third-order valence-corrected chi connectivity index (χ3v) is 4.79. The average Bonchev–Trinajstić information content (AvgIpc) is 2.33. The number of halogens is 2. The summed E-state index contributed by atoms with van der Waals surface area (Å²) in [6, 6.07) is 6.03. The fraction of sp³-hybridized carbons (Fsp3) is 0.600. The van der Waals surface area contributed by atoms with Crippen molar-refractivity contribution in [2.45, 2.75) is 45.7 Å². The predicted octanol–water partition coefficient (Wildman–Crippen LogP) is 4.09. The Labute approximate surface area is 130 Å². The van der Waals surface area contributed by atoms with Crippen molar-refractivity contribution in [1.29, 1.82) is 0 Å². The minimum atomic E-state index is -0.0418. The summed E-state index contributed by atoms with van der Waals surface area (Å²) < 4.78 is 0.998. The van der Waals surface area contributed by atoms with E-state index in [9.17, 15) is 0 Å². The number of rotatable bonds is 6. The quantitative estimate of drug-likeness (QED) is 0.839. The molecule has 1 rings (SSSR count). The predicted molar refractivity (Wildman–Crippen MR) is 87.8 cm³/mol. The summed E-state index contributed by atoms with van der Waals surface area (Å²) in [4.78, 5) is 2.39. The monoisotopic (exact) mass is 346 g/mol. The Kier molecular flexibility index (Phi) is 6.31. The first-order valence-corrected chi connectivity index (χ1v) is 7.94. The normalized spacial score (nSPS) is 13.9. The lowest BCUT2D eigenvalue weighted by atomic mass is 9.88. The van der Waals surface area contributed by atoms with Crippen LogP contribution in [0.5, 0.6) is 0 Å². The average molecular weight is 348 g/mol. The van der Waals surface area contributed by atoms with Gasteiger partial charge in [-0.05, 0) is 51.1 Å². The maximum absolute atomic E-state index is 6.43. The second kappa shape index (κ2) is 7.07. The van der Waals surface area contributed by atoms with Crippen molar-refractivity contribution in [2.24, 2.45) is 5.73 Å². The highest BCUT2D eigenvalue weighted by Crippen LogP contribution is 2.26. The number of benzene rings is 1. The van der Waals surface area contributed by atoms with E-state index in [2.05, 4.69) is 48.5 Å². The van der Waals surface area contributed by atoms with Gasteiger partial charge in [0.1, 0.15) is 0 Å². The molecule has 1 aromatic carbocycles. The molecule has 0 heterocycles.